The second-order valence-electron chi connectivity index (χ2n) is 6.97. The average Bonchev–Trinajstić information content (AvgIpc) is 2.62. The van der Waals surface area contributed by atoms with Gasteiger partial charge in [-0.15, -0.1) is 0 Å². The number of hydrogen-bond donors (Lipinski definition) is 1. The summed E-state index contributed by atoms with van der Waals surface area (Å²) in [6, 6.07) is 0.368. The smallest absolute Gasteiger partial charge is 0.0700 e. The SMILES string of the molecule is CC1CC(C)C(N(C)CC2CCN(C)C2)C(O)C1. The molecule has 0 aromatic heterocycles. The third-order valence-electron chi connectivity index (χ3n) is 4.94. The molecule has 2 aliphatic rings. The normalized spacial score (nSPS) is 42.7. The molecule has 2 rings (SSSR count). The van der Waals surface area contributed by atoms with E-state index in [2.05, 4.69) is 37.7 Å². The highest BCUT2D eigenvalue weighted by Crippen LogP contribution is 2.32. The molecule has 1 heterocycles. The van der Waals surface area contributed by atoms with Gasteiger partial charge in [0.2, 0.25) is 0 Å². The number of hydrogen-bond acceptors (Lipinski definition) is 3. The van der Waals surface area contributed by atoms with Gasteiger partial charge >= 0.3 is 0 Å². The van der Waals surface area contributed by atoms with Crippen molar-refractivity contribution in [3.63, 3.8) is 0 Å². The van der Waals surface area contributed by atoms with E-state index in [1.54, 1.807) is 0 Å². The number of nitrogens with zero attached hydrogens (tertiary/aromatic N) is 2. The highest BCUT2D eigenvalue weighted by atomic mass is 16.3. The maximum absolute atomic E-state index is 10.4. The van der Waals surface area contributed by atoms with Gasteiger partial charge in [0.05, 0.1) is 6.10 Å². The molecule has 5 atom stereocenters. The van der Waals surface area contributed by atoms with Gasteiger partial charge in [-0.3, -0.25) is 0 Å². The largest absolute Gasteiger partial charge is 0.391 e. The lowest BCUT2D eigenvalue weighted by atomic mass is 9.77. The number of aliphatic hydroxyl groups is 1. The number of rotatable bonds is 3. The summed E-state index contributed by atoms with van der Waals surface area (Å²) in [5, 5.41) is 10.4. The molecule has 1 saturated heterocycles. The molecule has 1 aliphatic carbocycles. The molecule has 0 spiro atoms. The molecule has 18 heavy (non-hydrogen) atoms. The lowest BCUT2D eigenvalue weighted by Crippen LogP contribution is -2.51. The minimum absolute atomic E-state index is 0.132. The first-order valence-electron chi connectivity index (χ1n) is 7.54. The Morgan fingerprint density at radius 1 is 1.28 bits per heavy atom. The molecule has 1 N–H and O–H groups in total. The summed E-state index contributed by atoms with van der Waals surface area (Å²) < 4.78 is 0. The summed E-state index contributed by atoms with van der Waals surface area (Å²) in [5.74, 6) is 2.09. The van der Waals surface area contributed by atoms with Crippen LogP contribution in [0.2, 0.25) is 0 Å². The highest BCUT2D eigenvalue weighted by Gasteiger charge is 2.36. The van der Waals surface area contributed by atoms with Gasteiger partial charge < -0.3 is 14.9 Å². The molecule has 3 nitrogen and oxygen atoms in total. The van der Waals surface area contributed by atoms with Crippen molar-refractivity contribution in [2.75, 3.05) is 33.7 Å². The Kier molecular flexibility index (Phi) is 4.68. The van der Waals surface area contributed by atoms with Gasteiger partial charge in [-0.1, -0.05) is 13.8 Å². The number of likely N-dealkylation sites (tertiary alicyclic amines) is 1. The van der Waals surface area contributed by atoms with Crippen molar-refractivity contribution < 1.29 is 5.11 Å². The standard InChI is InChI=1S/C15H30N2O/c1-11-7-12(2)15(14(18)8-11)17(4)10-13-5-6-16(3)9-13/h11-15,18H,5-10H2,1-4H3. The quantitative estimate of drug-likeness (QED) is 0.830. The van der Waals surface area contributed by atoms with Gasteiger partial charge in [-0.25, -0.2) is 0 Å². The zero-order chi connectivity index (χ0) is 13.3. The van der Waals surface area contributed by atoms with E-state index in [0.29, 0.717) is 17.9 Å². The first-order chi connectivity index (χ1) is 8.47. The van der Waals surface area contributed by atoms with Gasteiger partial charge in [0.1, 0.15) is 0 Å². The van der Waals surface area contributed by atoms with E-state index < -0.39 is 0 Å². The fourth-order valence-corrected chi connectivity index (χ4v) is 4.23. The molecule has 0 aromatic rings. The van der Waals surface area contributed by atoms with Crippen LogP contribution in [0.4, 0.5) is 0 Å². The van der Waals surface area contributed by atoms with Gasteiger partial charge in [-0.05, 0) is 57.7 Å². The van der Waals surface area contributed by atoms with Crippen LogP contribution in [0.3, 0.4) is 0 Å². The summed E-state index contributed by atoms with van der Waals surface area (Å²) in [4.78, 5) is 4.85. The van der Waals surface area contributed by atoms with Crippen molar-refractivity contribution in [2.45, 2.75) is 45.3 Å². The Morgan fingerprint density at radius 2 is 2.00 bits per heavy atom. The van der Waals surface area contributed by atoms with E-state index in [-0.39, 0.29) is 6.10 Å². The third kappa shape index (κ3) is 3.25. The minimum atomic E-state index is -0.132. The summed E-state index contributed by atoms with van der Waals surface area (Å²) in [5.41, 5.74) is 0. The van der Waals surface area contributed by atoms with E-state index >= 15 is 0 Å². The summed E-state index contributed by atoms with van der Waals surface area (Å²) in [7, 11) is 4.42. The maximum atomic E-state index is 10.4. The Bertz CT molecular complexity index is 259. The molecule has 0 radical (unpaired) electrons. The molecule has 0 bridgehead atoms. The van der Waals surface area contributed by atoms with Crippen LogP contribution in [0.25, 0.3) is 0 Å². The number of likely N-dealkylation sites (N-methyl/N-ethyl adjacent to an activating group) is 1. The molecule has 1 saturated carbocycles. The molecule has 0 amide bonds. The molecular formula is C15H30N2O. The number of aliphatic hydroxyl groups excluding tert-OH is 1. The van der Waals surface area contributed by atoms with Crippen LogP contribution in [-0.2, 0) is 0 Å². The maximum Gasteiger partial charge on any atom is 0.0700 e. The van der Waals surface area contributed by atoms with Gasteiger partial charge in [0.25, 0.3) is 0 Å². The molecule has 1 aliphatic heterocycles. The topological polar surface area (TPSA) is 26.7 Å². The zero-order valence-corrected chi connectivity index (χ0v) is 12.5. The van der Waals surface area contributed by atoms with Crippen LogP contribution in [0.1, 0.15) is 33.1 Å². The monoisotopic (exact) mass is 254 g/mol. The molecule has 2 fully saturated rings. The van der Waals surface area contributed by atoms with E-state index in [4.69, 9.17) is 0 Å². The molecule has 106 valence electrons. The Morgan fingerprint density at radius 3 is 2.56 bits per heavy atom. The second kappa shape index (κ2) is 5.89. The van der Waals surface area contributed by atoms with Crippen molar-refractivity contribution >= 4 is 0 Å². The van der Waals surface area contributed by atoms with Gasteiger partial charge in [-0.2, -0.15) is 0 Å². The lowest BCUT2D eigenvalue weighted by Gasteiger charge is -2.42. The van der Waals surface area contributed by atoms with Crippen molar-refractivity contribution in [3.05, 3.63) is 0 Å². The van der Waals surface area contributed by atoms with E-state index in [1.165, 1.54) is 25.9 Å². The average molecular weight is 254 g/mol. The lowest BCUT2D eigenvalue weighted by molar-refractivity contribution is -0.0184. The highest BCUT2D eigenvalue weighted by molar-refractivity contribution is 4.90. The minimum Gasteiger partial charge on any atom is -0.391 e. The van der Waals surface area contributed by atoms with E-state index in [1.807, 2.05) is 0 Å². The predicted octanol–water partition coefficient (Wildman–Crippen LogP) is 1.67. The third-order valence-corrected chi connectivity index (χ3v) is 4.94. The van der Waals surface area contributed by atoms with Crippen molar-refractivity contribution in [3.8, 4) is 0 Å². The summed E-state index contributed by atoms with van der Waals surface area (Å²) in [6.45, 7) is 8.17. The molecule has 0 aromatic carbocycles. The Balaban J connectivity index is 1.89. The Hall–Kier alpha value is -0.120. The second-order valence-corrected chi connectivity index (χ2v) is 6.97. The van der Waals surface area contributed by atoms with E-state index in [0.717, 1.165) is 18.9 Å². The first-order valence-corrected chi connectivity index (χ1v) is 7.54. The molecular weight excluding hydrogens is 224 g/mol. The van der Waals surface area contributed by atoms with Crippen LogP contribution in [0.5, 0.6) is 0 Å². The van der Waals surface area contributed by atoms with E-state index in [9.17, 15) is 5.11 Å². The van der Waals surface area contributed by atoms with Crippen LogP contribution < -0.4 is 0 Å². The van der Waals surface area contributed by atoms with Crippen LogP contribution in [0.15, 0.2) is 0 Å². The van der Waals surface area contributed by atoms with Gasteiger partial charge in [0.15, 0.2) is 0 Å². The first kappa shape index (κ1) is 14.3. The van der Waals surface area contributed by atoms with Crippen LogP contribution in [0, 0.1) is 17.8 Å². The van der Waals surface area contributed by atoms with Crippen LogP contribution in [-0.4, -0.2) is 60.8 Å². The zero-order valence-electron chi connectivity index (χ0n) is 12.5. The Labute approximate surface area is 112 Å². The van der Waals surface area contributed by atoms with Crippen molar-refractivity contribution in [1.82, 2.24) is 9.80 Å². The van der Waals surface area contributed by atoms with Crippen molar-refractivity contribution in [2.24, 2.45) is 17.8 Å². The summed E-state index contributed by atoms with van der Waals surface area (Å²) >= 11 is 0. The van der Waals surface area contributed by atoms with Crippen molar-refractivity contribution in [1.29, 1.82) is 0 Å². The fraction of sp³-hybridized carbons (Fsp3) is 1.00. The summed E-state index contributed by atoms with van der Waals surface area (Å²) in [6.07, 6.45) is 3.42. The molecule has 3 heteroatoms. The predicted molar refractivity (Wildman–Crippen MR) is 75.6 cm³/mol. The molecule has 5 unspecified atom stereocenters. The fourth-order valence-electron chi connectivity index (χ4n) is 4.23. The van der Waals surface area contributed by atoms with Gasteiger partial charge in [0, 0.05) is 19.1 Å². The van der Waals surface area contributed by atoms with Crippen LogP contribution >= 0.6 is 0 Å².